The van der Waals surface area contributed by atoms with E-state index in [2.05, 4.69) is 10.3 Å². The van der Waals surface area contributed by atoms with Gasteiger partial charge < -0.3 is 9.63 Å². The molecule has 0 bridgehead atoms. The Labute approximate surface area is 171 Å². The molecule has 10 heteroatoms. The van der Waals surface area contributed by atoms with Crippen molar-refractivity contribution >= 4 is 17.5 Å². The van der Waals surface area contributed by atoms with Gasteiger partial charge in [-0.1, -0.05) is 12.1 Å². The van der Waals surface area contributed by atoms with E-state index in [4.69, 9.17) is 9.63 Å². The molecule has 2 atom stereocenters. The topological polar surface area (TPSA) is 132 Å². The number of aliphatic carboxylic acids is 1. The number of rotatable bonds is 11. The van der Waals surface area contributed by atoms with Crippen LogP contribution in [0.4, 0.5) is 4.39 Å². The van der Waals surface area contributed by atoms with E-state index in [1.54, 1.807) is 20.8 Å². The molecule has 0 aromatic carbocycles. The zero-order valence-corrected chi connectivity index (χ0v) is 17.1. The van der Waals surface area contributed by atoms with Crippen molar-refractivity contribution in [3.05, 3.63) is 45.2 Å². The Kier molecular flexibility index (Phi) is 7.73. The van der Waals surface area contributed by atoms with E-state index in [9.17, 15) is 23.6 Å². The second kappa shape index (κ2) is 10.0. The van der Waals surface area contributed by atoms with Crippen LogP contribution in [-0.4, -0.2) is 44.3 Å². The molecule has 2 rings (SSSR count). The third kappa shape index (κ3) is 5.25. The minimum atomic E-state index is -1.35. The fraction of sp³-hybridized carbons (Fsp3) is 0.500. The van der Waals surface area contributed by atoms with Crippen molar-refractivity contribution in [1.29, 1.82) is 0 Å². The molecule has 0 saturated heterocycles. The first-order chi connectivity index (χ1) is 14.2. The van der Waals surface area contributed by atoms with E-state index in [0.29, 0.717) is 17.0 Å². The molecule has 0 fully saturated rings. The van der Waals surface area contributed by atoms with E-state index in [1.165, 1.54) is 16.9 Å². The number of carbonyl (C=O) groups is 3. The standard InChI is InChI=1S/C20H24FN3O6/c1-4-14(17(25)7-13(8-19(27)28)18(26)9-21)15-5-6-22-24(20(15)29)10-16-11(2)23-30-12(16)3/h5-6,13-14H,4,7-10H2,1-3H3,(H,27,28). The first kappa shape index (κ1) is 23.1. The Morgan fingerprint density at radius 3 is 2.47 bits per heavy atom. The summed E-state index contributed by atoms with van der Waals surface area (Å²) in [5.74, 6) is -4.30. The molecule has 0 radical (unpaired) electrons. The maximum atomic E-state index is 13.0. The van der Waals surface area contributed by atoms with E-state index in [0.717, 1.165) is 0 Å². The van der Waals surface area contributed by atoms with Crippen LogP contribution in [0.15, 0.2) is 21.6 Å². The van der Waals surface area contributed by atoms with Crippen LogP contribution in [0.25, 0.3) is 0 Å². The number of hydrogen-bond acceptors (Lipinski definition) is 7. The van der Waals surface area contributed by atoms with Crippen LogP contribution in [-0.2, 0) is 20.9 Å². The molecule has 2 heterocycles. The Morgan fingerprint density at radius 1 is 1.23 bits per heavy atom. The van der Waals surface area contributed by atoms with E-state index >= 15 is 0 Å². The van der Waals surface area contributed by atoms with Crippen LogP contribution in [0, 0.1) is 19.8 Å². The summed E-state index contributed by atoms with van der Waals surface area (Å²) in [7, 11) is 0. The molecule has 1 N–H and O–H groups in total. The minimum absolute atomic E-state index is 0.112. The average Bonchev–Trinajstić information content (AvgIpc) is 3.01. The lowest BCUT2D eigenvalue weighted by atomic mass is 9.85. The number of carboxylic acid groups (broad SMARTS) is 1. The highest BCUT2D eigenvalue weighted by atomic mass is 19.1. The lowest BCUT2D eigenvalue weighted by Gasteiger charge is -2.18. The molecule has 0 aliphatic carbocycles. The monoisotopic (exact) mass is 421 g/mol. The molecular weight excluding hydrogens is 397 g/mol. The fourth-order valence-electron chi connectivity index (χ4n) is 3.35. The molecule has 2 aromatic heterocycles. The van der Waals surface area contributed by atoms with Crippen molar-refractivity contribution in [3.63, 3.8) is 0 Å². The van der Waals surface area contributed by atoms with Gasteiger partial charge in [0.05, 0.1) is 18.7 Å². The van der Waals surface area contributed by atoms with Crippen LogP contribution in [0.5, 0.6) is 0 Å². The van der Waals surface area contributed by atoms with Crippen LogP contribution in [0.2, 0.25) is 0 Å². The Balaban J connectivity index is 2.31. The van der Waals surface area contributed by atoms with Crippen molar-refractivity contribution < 1.29 is 28.4 Å². The van der Waals surface area contributed by atoms with Crippen LogP contribution in [0.1, 0.15) is 54.7 Å². The van der Waals surface area contributed by atoms with E-state index < -0.39 is 54.4 Å². The maximum absolute atomic E-state index is 13.0. The van der Waals surface area contributed by atoms with Gasteiger partial charge in [-0.2, -0.15) is 5.10 Å². The van der Waals surface area contributed by atoms with Crippen molar-refractivity contribution in [2.24, 2.45) is 5.92 Å². The summed E-state index contributed by atoms with van der Waals surface area (Å²) in [6, 6.07) is 1.43. The predicted molar refractivity (Wildman–Crippen MR) is 103 cm³/mol. The number of Topliss-reactive ketones (excluding diaryl/α,β-unsaturated/α-hetero) is 2. The van der Waals surface area contributed by atoms with Crippen LogP contribution < -0.4 is 5.56 Å². The van der Waals surface area contributed by atoms with Gasteiger partial charge in [-0.05, 0) is 26.3 Å². The lowest BCUT2D eigenvalue weighted by Crippen LogP contribution is -2.31. The molecule has 0 aliphatic heterocycles. The smallest absolute Gasteiger partial charge is 0.304 e. The van der Waals surface area contributed by atoms with Gasteiger partial charge in [0, 0.05) is 35.6 Å². The third-order valence-electron chi connectivity index (χ3n) is 5.06. The fourth-order valence-corrected chi connectivity index (χ4v) is 3.35. The molecule has 0 amide bonds. The van der Waals surface area contributed by atoms with Crippen LogP contribution in [0.3, 0.4) is 0 Å². The second-order valence-electron chi connectivity index (χ2n) is 7.08. The molecule has 0 spiro atoms. The quantitative estimate of drug-likeness (QED) is 0.582. The number of ketones is 2. The van der Waals surface area contributed by atoms with Gasteiger partial charge in [-0.3, -0.25) is 19.2 Å². The molecule has 30 heavy (non-hydrogen) atoms. The summed E-state index contributed by atoms with van der Waals surface area (Å²) in [6.45, 7) is 3.92. The maximum Gasteiger partial charge on any atom is 0.304 e. The number of carbonyl (C=O) groups excluding carboxylic acids is 2. The summed E-state index contributed by atoms with van der Waals surface area (Å²) >= 11 is 0. The molecule has 2 aromatic rings. The molecular formula is C20H24FN3O6. The van der Waals surface area contributed by atoms with Gasteiger partial charge in [-0.15, -0.1) is 0 Å². The number of aromatic nitrogens is 3. The summed E-state index contributed by atoms with van der Waals surface area (Å²) in [4.78, 5) is 48.4. The zero-order chi connectivity index (χ0) is 22.4. The number of alkyl halides is 1. The van der Waals surface area contributed by atoms with Crippen molar-refractivity contribution in [3.8, 4) is 0 Å². The SMILES string of the molecule is CCC(C(=O)CC(CC(=O)O)C(=O)CF)c1ccnn(Cc2c(C)noc2C)c1=O. The lowest BCUT2D eigenvalue weighted by molar-refractivity contribution is -0.141. The zero-order valence-electron chi connectivity index (χ0n) is 17.1. The third-order valence-corrected chi connectivity index (χ3v) is 5.06. The van der Waals surface area contributed by atoms with Crippen molar-refractivity contribution in [2.75, 3.05) is 6.67 Å². The summed E-state index contributed by atoms with van der Waals surface area (Å²) in [5.41, 5.74) is 1.03. The van der Waals surface area contributed by atoms with E-state index in [1.807, 2.05) is 0 Å². The number of aryl methyl sites for hydroxylation is 2. The number of hydrogen-bond donors (Lipinski definition) is 1. The second-order valence-corrected chi connectivity index (χ2v) is 7.08. The molecule has 9 nitrogen and oxygen atoms in total. The summed E-state index contributed by atoms with van der Waals surface area (Å²) in [6.07, 6.45) is 0.566. The normalized spacial score (nSPS) is 13.1. The highest BCUT2D eigenvalue weighted by Crippen LogP contribution is 2.23. The van der Waals surface area contributed by atoms with Gasteiger partial charge in [0.2, 0.25) is 0 Å². The first-order valence-corrected chi connectivity index (χ1v) is 9.50. The van der Waals surface area contributed by atoms with E-state index in [-0.39, 0.29) is 18.5 Å². The number of halogens is 1. The van der Waals surface area contributed by atoms with Gasteiger partial charge >= 0.3 is 5.97 Å². The van der Waals surface area contributed by atoms with Gasteiger partial charge in [0.25, 0.3) is 5.56 Å². The molecule has 0 aliphatic rings. The Hall–Kier alpha value is -3.17. The van der Waals surface area contributed by atoms with Gasteiger partial charge in [0.1, 0.15) is 18.2 Å². The summed E-state index contributed by atoms with van der Waals surface area (Å²) < 4.78 is 19.1. The Morgan fingerprint density at radius 2 is 1.93 bits per heavy atom. The number of carboxylic acids is 1. The minimum Gasteiger partial charge on any atom is -0.481 e. The predicted octanol–water partition coefficient (Wildman–Crippen LogP) is 1.98. The van der Waals surface area contributed by atoms with Crippen LogP contribution >= 0.6 is 0 Å². The van der Waals surface area contributed by atoms with Gasteiger partial charge in [-0.25, -0.2) is 9.07 Å². The first-order valence-electron chi connectivity index (χ1n) is 9.50. The Bertz CT molecular complexity index is 977. The number of nitrogens with zero attached hydrogens (tertiary/aromatic N) is 3. The van der Waals surface area contributed by atoms with Crippen molar-refractivity contribution in [2.45, 2.75) is 52.5 Å². The molecule has 0 saturated carbocycles. The highest BCUT2D eigenvalue weighted by Gasteiger charge is 2.30. The molecule has 162 valence electrons. The largest absolute Gasteiger partial charge is 0.481 e. The van der Waals surface area contributed by atoms with Gasteiger partial charge in [0.15, 0.2) is 5.78 Å². The van der Waals surface area contributed by atoms with Crippen molar-refractivity contribution in [1.82, 2.24) is 14.9 Å². The molecule has 2 unspecified atom stereocenters. The summed E-state index contributed by atoms with van der Waals surface area (Å²) in [5, 5.41) is 16.8. The highest BCUT2D eigenvalue weighted by molar-refractivity contribution is 5.93. The average molecular weight is 421 g/mol.